The molecule has 0 aromatic rings. The normalized spacial score (nSPS) is 13.2. The highest BCUT2D eigenvalue weighted by molar-refractivity contribution is 8.03. The van der Waals surface area contributed by atoms with Crippen LogP contribution in [0.3, 0.4) is 0 Å². The van der Waals surface area contributed by atoms with Crippen LogP contribution in [0.25, 0.3) is 0 Å². The van der Waals surface area contributed by atoms with E-state index in [9.17, 15) is 16.8 Å². The van der Waals surface area contributed by atoms with Gasteiger partial charge in [-0.3, -0.25) is 8.74 Å². The van der Waals surface area contributed by atoms with E-state index in [-0.39, 0.29) is 6.61 Å². The van der Waals surface area contributed by atoms with Crippen molar-refractivity contribution in [2.75, 3.05) is 11.7 Å². The Balaban J connectivity index is 4.26. The number of hydrogen-bond acceptors (Lipinski definition) is 5. The SMILES string of the molecule is CCCOS(=O)(=O)CS(=O)(=O)O. The van der Waals surface area contributed by atoms with E-state index in [0.717, 1.165) is 0 Å². The zero-order valence-corrected chi connectivity index (χ0v) is 8.06. The molecule has 0 spiro atoms. The maximum atomic E-state index is 10.6. The van der Waals surface area contributed by atoms with Crippen LogP contribution in [0.1, 0.15) is 13.3 Å². The van der Waals surface area contributed by atoms with Gasteiger partial charge in [0.05, 0.1) is 6.61 Å². The van der Waals surface area contributed by atoms with Crippen molar-refractivity contribution in [1.82, 2.24) is 0 Å². The van der Waals surface area contributed by atoms with Gasteiger partial charge in [0.2, 0.25) is 5.08 Å². The van der Waals surface area contributed by atoms with Crippen LogP contribution in [0.2, 0.25) is 0 Å². The number of rotatable bonds is 5. The Labute approximate surface area is 71.4 Å². The summed E-state index contributed by atoms with van der Waals surface area (Å²) in [7, 11) is -8.66. The third-order valence-corrected chi connectivity index (χ3v) is 3.63. The van der Waals surface area contributed by atoms with Gasteiger partial charge in [0.1, 0.15) is 0 Å². The van der Waals surface area contributed by atoms with Gasteiger partial charge in [-0.25, -0.2) is 0 Å². The second-order valence-electron chi connectivity index (χ2n) is 2.08. The van der Waals surface area contributed by atoms with Crippen LogP contribution in [0.5, 0.6) is 0 Å². The molecule has 74 valence electrons. The van der Waals surface area contributed by atoms with E-state index >= 15 is 0 Å². The second-order valence-corrected chi connectivity index (χ2v) is 5.54. The largest absolute Gasteiger partial charge is 0.285 e. The molecule has 0 aromatic heterocycles. The first-order valence-corrected chi connectivity index (χ1v) is 6.28. The summed E-state index contributed by atoms with van der Waals surface area (Å²) in [6.07, 6.45) is 0.449. The Hall–Kier alpha value is -0.180. The molecular formula is C4H10O6S2. The monoisotopic (exact) mass is 218 g/mol. The highest BCUT2D eigenvalue weighted by Crippen LogP contribution is 1.98. The molecule has 0 atom stereocenters. The van der Waals surface area contributed by atoms with Crippen LogP contribution in [0.15, 0.2) is 0 Å². The molecule has 0 saturated carbocycles. The van der Waals surface area contributed by atoms with E-state index in [1.54, 1.807) is 6.92 Å². The fourth-order valence-electron chi connectivity index (χ4n) is 0.427. The number of hydrogen-bond donors (Lipinski definition) is 1. The van der Waals surface area contributed by atoms with Crippen molar-refractivity contribution in [3.63, 3.8) is 0 Å². The average molecular weight is 218 g/mol. The van der Waals surface area contributed by atoms with Gasteiger partial charge in [-0.05, 0) is 6.42 Å². The summed E-state index contributed by atoms with van der Waals surface area (Å²) in [5.74, 6) is 0. The molecule has 0 unspecified atom stereocenters. The Kier molecular flexibility index (Phi) is 4.11. The molecule has 0 aliphatic rings. The lowest BCUT2D eigenvalue weighted by molar-refractivity contribution is 0.320. The Bertz CT molecular complexity index is 311. The van der Waals surface area contributed by atoms with Gasteiger partial charge >= 0.3 is 0 Å². The molecule has 8 heteroatoms. The van der Waals surface area contributed by atoms with Crippen molar-refractivity contribution in [2.24, 2.45) is 0 Å². The van der Waals surface area contributed by atoms with Crippen molar-refractivity contribution >= 4 is 20.2 Å². The first kappa shape index (κ1) is 11.8. The Morgan fingerprint density at radius 1 is 1.25 bits per heavy atom. The third-order valence-electron chi connectivity index (χ3n) is 0.760. The summed E-state index contributed by atoms with van der Waals surface area (Å²) >= 11 is 0. The van der Waals surface area contributed by atoms with E-state index in [2.05, 4.69) is 4.18 Å². The first-order chi connectivity index (χ1) is 5.27. The van der Waals surface area contributed by atoms with Gasteiger partial charge in [0.15, 0.2) is 0 Å². The molecule has 0 heterocycles. The van der Waals surface area contributed by atoms with Crippen molar-refractivity contribution < 1.29 is 25.6 Å². The van der Waals surface area contributed by atoms with Crippen LogP contribution in [0, 0.1) is 0 Å². The van der Waals surface area contributed by atoms with Crippen LogP contribution >= 0.6 is 0 Å². The predicted molar refractivity (Wildman–Crippen MR) is 41.6 cm³/mol. The van der Waals surface area contributed by atoms with E-state index in [0.29, 0.717) is 6.42 Å². The zero-order valence-electron chi connectivity index (χ0n) is 6.43. The van der Waals surface area contributed by atoms with E-state index in [1.807, 2.05) is 0 Å². The van der Waals surface area contributed by atoms with Crippen molar-refractivity contribution in [1.29, 1.82) is 0 Å². The van der Waals surface area contributed by atoms with Gasteiger partial charge in [-0.1, -0.05) is 6.92 Å². The topological polar surface area (TPSA) is 97.7 Å². The smallest absolute Gasteiger partial charge is 0.284 e. The van der Waals surface area contributed by atoms with E-state index in [1.165, 1.54) is 0 Å². The maximum absolute atomic E-state index is 10.6. The molecular weight excluding hydrogens is 208 g/mol. The van der Waals surface area contributed by atoms with Crippen LogP contribution in [-0.2, 0) is 24.4 Å². The second kappa shape index (κ2) is 4.17. The fourth-order valence-corrected chi connectivity index (χ4v) is 2.58. The standard InChI is InChI=1S/C4H10O6S2/c1-2-3-10-12(8,9)4-11(5,6)7/h2-4H2,1H3,(H,5,6,7). The zero-order chi connectivity index (χ0) is 9.83. The highest BCUT2D eigenvalue weighted by Gasteiger charge is 2.20. The molecule has 1 N–H and O–H groups in total. The first-order valence-electron chi connectivity index (χ1n) is 3.09. The van der Waals surface area contributed by atoms with Gasteiger partial charge in [-0.2, -0.15) is 16.8 Å². The van der Waals surface area contributed by atoms with E-state index in [4.69, 9.17) is 4.55 Å². The minimum atomic E-state index is -4.53. The summed E-state index contributed by atoms with van der Waals surface area (Å²) in [4.78, 5) is 0. The van der Waals surface area contributed by atoms with Crippen LogP contribution in [-0.4, -0.2) is 33.1 Å². The van der Waals surface area contributed by atoms with Gasteiger partial charge in [-0.15, -0.1) is 0 Å². The minimum Gasteiger partial charge on any atom is -0.285 e. The molecule has 0 amide bonds. The highest BCUT2D eigenvalue weighted by atomic mass is 32.3. The molecule has 0 bridgehead atoms. The quantitative estimate of drug-likeness (QED) is 0.497. The Morgan fingerprint density at radius 3 is 2.08 bits per heavy atom. The summed E-state index contributed by atoms with van der Waals surface area (Å²) in [6, 6.07) is 0. The molecule has 6 nitrogen and oxygen atoms in total. The maximum Gasteiger partial charge on any atom is 0.284 e. The van der Waals surface area contributed by atoms with Crippen molar-refractivity contribution in [2.45, 2.75) is 13.3 Å². The average Bonchev–Trinajstić information content (AvgIpc) is 1.78. The van der Waals surface area contributed by atoms with Crippen molar-refractivity contribution in [3.05, 3.63) is 0 Å². The predicted octanol–water partition coefficient (Wildman–Crippen LogP) is -0.412. The molecule has 0 aromatic carbocycles. The van der Waals surface area contributed by atoms with Gasteiger partial charge < -0.3 is 0 Å². The fraction of sp³-hybridized carbons (Fsp3) is 1.00. The molecule has 12 heavy (non-hydrogen) atoms. The lowest BCUT2D eigenvalue weighted by Gasteiger charge is -2.00. The molecule has 0 aliphatic carbocycles. The summed E-state index contributed by atoms with van der Waals surface area (Å²) in [5.41, 5.74) is 0. The summed E-state index contributed by atoms with van der Waals surface area (Å²) in [5, 5.41) is -1.39. The molecule has 0 fully saturated rings. The third kappa shape index (κ3) is 6.53. The Morgan fingerprint density at radius 2 is 1.75 bits per heavy atom. The lowest BCUT2D eigenvalue weighted by atomic mass is 10.5. The molecule has 0 saturated heterocycles. The summed E-state index contributed by atoms with van der Waals surface area (Å²) in [6.45, 7) is 1.58. The van der Waals surface area contributed by atoms with Crippen LogP contribution in [0.4, 0.5) is 0 Å². The van der Waals surface area contributed by atoms with Crippen LogP contribution < -0.4 is 0 Å². The molecule has 0 radical (unpaired) electrons. The summed E-state index contributed by atoms with van der Waals surface area (Å²) < 4.78 is 53.9. The molecule has 0 aliphatic heterocycles. The van der Waals surface area contributed by atoms with Gasteiger partial charge in [0, 0.05) is 0 Å². The lowest BCUT2D eigenvalue weighted by Crippen LogP contribution is -2.18. The minimum absolute atomic E-state index is 0.0855. The van der Waals surface area contributed by atoms with Crippen molar-refractivity contribution in [3.8, 4) is 0 Å². The van der Waals surface area contributed by atoms with E-state index < -0.39 is 25.3 Å². The van der Waals surface area contributed by atoms with Gasteiger partial charge in [0.25, 0.3) is 20.2 Å². The molecule has 0 rings (SSSR count).